The zero-order chi connectivity index (χ0) is 12.6. The second kappa shape index (κ2) is 4.75. The van der Waals surface area contributed by atoms with Crippen molar-refractivity contribution >= 4 is 33.0 Å². The fourth-order valence-electron chi connectivity index (χ4n) is 1.82. The van der Waals surface area contributed by atoms with Crippen LogP contribution in [0, 0.1) is 20.8 Å². The Morgan fingerprint density at radius 2 is 1.65 bits per heavy atom. The number of benzene rings is 1. The maximum atomic E-state index is 12.3. The van der Waals surface area contributed by atoms with Crippen LogP contribution in [0.3, 0.4) is 0 Å². The molecule has 3 heteroatoms. The molecule has 0 fully saturated rings. The Bertz CT molecular complexity index is 544. The van der Waals surface area contributed by atoms with Crippen molar-refractivity contribution in [1.82, 2.24) is 0 Å². The molecule has 0 atom stereocenters. The number of ketones is 1. The Kier molecular flexibility index (Phi) is 3.50. The van der Waals surface area contributed by atoms with E-state index in [1.807, 2.05) is 39.0 Å². The van der Waals surface area contributed by atoms with E-state index in [4.69, 9.17) is 0 Å². The molecule has 0 saturated carbocycles. The van der Waals surface area contributed by atoms with Crippen molar-refractivity contribution in [2.75, 3.05) is 0 Å². The van der Waals surface area contributed by atoms with Crippen molar-refractivity contribution in [1.29, 1.82) is 0 Å². The van der Waals surface area contributed by atoms with Gasteiger partial charge in [0.25, 0.3) is 0 Å². The third kappa shape index (κ3) is 2.67. The minimum Gasteiger partial charge on any atom is -0.288 e. The number of rotatable bonds is 2. The molecular weight excluding hydrogens is 296 g/mol. The molecule has 0 aliphatic heterocycles. The molecule has 17 heavy (non-hydrogen) atoms. The van der Waals surface area contributed by atoms with Crippen LogP contribution in [0.25, 0.3) is 0 Å². The van der Waals surface area contributed by atoms with Crippen LogP contribution in [-0.2, 0) is 0 Å². The summed E-state index contributed by atoms with van der Waals surface area (Å²) in [7, 11) is 0. The molecule has 0 aliphatic rings. The quantitative estimate of drug-likeness (QED) is 0.737. The van der Waals surface area contributed by atoms with Gasteiger partial charge in [0.05, 0.1) is 4.88 Å². The van der Waals surface area contributed by atoms with E-state index in [-0.39, 0.29) is 5.78 Å². The Labute approximate surface area is 114 Å². The number of hydrogen-bond donors (Lipinski definition) is 0. The van der Waals surface area contributed by atoms with E-state index < -0.39 is 0 Å². The number of thiophene rings is 1. The smallest absolute Gasteiger partial charge is 0.203 e. The van der Waals surface area contributed by atoms with Gasteiger partial charge in [-0.3, -0.25) is 4.79 Å². The normalized spacial score (nSPS) is 10.6. The molecule has 0 aliphatic carbocycles. The first kappa shape index (κ1) is 12.5. The molecular formula is C14H13BrOS. The molecule has 0 unspecified atom stereocenters. The molecule has 0 radical (unpaired) electrons. The molecule has 2 aromatic rings. The third-order valence-electron chi connectivity index (χ3n) is 2.56. The van der Waals surface area contributed by atoms with Crippen molar-refractivity contribution < 1.29 is 4.79 Å². The zero-order valence-electron chi connectivity index (χ0n) is 10.0. The summed E-state index contributed by atoms with van der Waals surface area (Å²) in [6.45, 7) is 6.03. The number of aryl methyl sites for hydroxylation is 3. The van der Waals surface area contributed by atoms with E-state index in [0.717, 1.165) is 30.9 Å². The van der Waals surface area contributed by atoms with Crippen molar-refractivity contribution in [3.8, 4) is 0 Å². The predicted octanol–water partition coefficient (Wildman–Crippen LogP) is 4.67. The van der Waals surface area contributed by atoms with Gasteiger partial charge in [-0.2, -0.15) is 0 Å². The number of halogens is 1. The minimum absolute atomic E-state index is 0.107. The molecule has 0 saturated heterocycles. The molecule has 0 bridgehead atoms. The second-order valence-corrected chi connectivity index (χ2v) is 6.33. The fourth-order valence-corrected chi connectivity index (χ4v) is 3.32. The van der Waals surface area contributed by atoms with E-state index in [1.54, 1.807) is 0 Å². The lowest BCUT2D eigenvalue weighted by molar-refractivity contribution is 0.104. The lowest BCUT2D eigenvalue weighted by Crippen LogP contribution is -1.99. The van der Waals surface area contributed by atoms with Crippen molar-refractivity contribution in [3.63, 3.8) is 0 Å². The largest absolute Gasteiger partial charge is 0.288 e. The lowest BCUT2D eigenvalue weighted by Gasteiger charge is -2.02. The lowest BCUT2D eigenvalue weighted by atomic mass is 10.0. The standard InChI is InChI=1S/C14H13BrOS/c1-8-4-9(2)6-11(5-8)14(16)13-7-12(15)10(3)17-13/h4-7H,1-3H3. The first-order chi connectivity index (χ1) is 7.97. The van der Waals surface area contributed by atoms with Gasteiger partial charge < -0.3 is 0 Å². The number of carbonyl (C=O) groups excluding carboxylic acids is 1. The number of carbonyl (C=O) groups is 1. The van der Waals surface area contributed by atoms with Gasteiger partial charge in [-0.1, -0.05) is 17.2 Å². The van der Waals surface area contributed by atoms with Crippen LogP contribution in [0.1, 0.15) is 31.2 Å². The highest BCUT2D eigenvalue weighted by Gasteiger charge is 2.13. The Morgan fingerprint density at radius 1 is 1.06 bits per heavy atom. The zero-order valence-corrected chi connectivity index (χ0v) is 12.4. The topological polar surface area (TPSA) is 17.1 Å². The molecule has 1 aromatic carbocycles. The maximum Gasteiger partial charge on any atom is 0.203 e. The first-order valence-corrected chi connectivity index (χ1v) is 6.97. The summed E-state index contributed by atoms with van der Waals surface area (Å²) >= 11 is 4.98. The summed E-state index contributed by atoms with van der Waals surface area (Å²) in [6, 6.07) is 7.86. The molecule has 0 N–H and O–H groups in total. The van der Waals surface area contributed by atoms with Crippen molar-refractivity contribution in [3.05, 3.63) is 55.2 Å². The van der Waals surface area contributed by atoms with Crippen LogP contribution < -0.4 is 0 Å². The van der Waals surface area contributed by atoms with Crippen molar-refractivity contribution in [2.24, 2.45) is 0 Å². The SMILES string of the molecule is Cc1cc(C)cc(C(=O)c2cc(Br)c(C)s2)c1. The molecule has 0 spiro atoms. The highest BCUT2D eigenvalue weighted by atomic mass is 79.9. The molecule has 1 nitrogen and oxygen atoms in total. The van der Waals surface area contributed by atoms with Gasteiger partial charge in [0.15, 0.2) is 0 Å². The second-order valence-electron chi connectivity index (χ2n) is 4.22. The Balaban J connectivity index is 2.43. The molecule has 0 amide bonds. The molecule has 88 valence electrons. The van der Waals surface area contributed by atoms with Crippen LogP contribution in [0.2, 0.25) is 0 Å². The Morgan fingerprint density at radius 3 is 2.12 bits per heavy atom. The van der Waals surface area contributed by atoms with Crippen LogP contribution >= 0.6 is 27.3 Å². The van der Waals surface area contributed by atoms with Gasteiger partial charge >= 0.3 is 0 Å². The van der Waals surface area contributed by atoms with Crippen LogP contribution in [0.4, 0.5) is 0 Å². The summed E-state index contributed by atoms with van der Waals surface area (Å²) in [5, 5.41) is 0. The predicted molar refractivity (Wildman–Crippen MR) is 76.1 cm³/mol. The first-order valence-electron chi connectivity index (χ1n) is 5.36. The fraction of sp³-hybridized carbons (Fsp3) is 0.214. The van der Waals surface area contributed by atoms with Crippen LogP contribution in [0.5, 0.6) is 0 Å². The van der Waals surface area contributed by atoms with E-state index in [0.29, 0.717) is 0 Å². The van der Waals surface area contributed by atoms with Crippen LogP contribution in [0.15, 0.2) is 28.7 Å². The highest BCUT2D eigenvalue weighted by Crippen LogP contribution is 2.28. The monoisotopic (exact) mass is 308 g/mol. The summed E-state index contributed by atoms with van der Waals surface area (Å²) in [5.74, 6) is 0.107. The van der Waals surface area contributed by atoms with Gasteiger partial charge in [-0.25, -0.2) is 0 Å². The molecule has 1 aromatic heterocycles. The van der Waals surface area contributed by atoms with Crippen LogP contribution in [-0.4, -0.2) is 5.78 Å². The van der Waals surface area contributed by atoms with E-state index in [9.17, 15) is 4.79 Å². The van der Waals surface area contributed by atoms with E-state index in [1.165, 1.54) is 11.3 Å². The van der Waals surface area contributed by atoms with Gasteiger partial charge in [-0.15, -0.1) is 11.3 Å². The van der Waals surface area contributed by atoms with Gasteiger partial charge in [-0.05, 0) is 54.9 Å². The Hall–Kier alpha value is -0.930. The van der Waals surface area contributed by atoms with E-state index in [2.05, 4.69) is 22.0 Å². The van der Waals surface area contributed by atoms with Crippen molar-refractivity contribution in [2.45, 2.75) is 20.8 Å². The average Bonchev–Trinajstić information content (AvgIpc) is 2.57. The van der Waals surface area contributed by atoms with E-state index >= 15 is 0 Å². The summed E-state index contributed by atoms with van der Waals surface area (Å²) in [5.41, 5.74) is 3.03. The molecule has 1 heterocycles. The summed E-state index contributed by atoms with van der Waals surface area (Å²) in [4.78, 5) is 14.2. The number of hydrogen-bond acceptors (Lipinski definition) is 2. The average molecular weight is 309 g/mol. The summed E-state index contributed by atoms with van der Waals surface area (Å²) < 4.78 is 1.01. The van der Waals surface area contributed by atoms with Gasteiger partial charge in [0.2, 0.25) is 5.78 Å². The minimum atomic E-state index is 0.107. The third-order valence-corrected chi connectivity index (χ3v) is 4.70. The summed E-state index contributed by atoms with van der Waals surface area (Å²) in [6.07, 6.45) is 0. The maximum absolute atomic E-state index is 12.3. The van der Waals surface area contributed by atoms with Gasteiger partial charge in [0.1, 0.15) is 0 Å². The molecule has 2 rings (SSSR count). The highest BCUT2D eigenvalue weighted by molar-refractivity contribution is 9.10. The van der Waals surface area contributed by atoms with Gasteiger partial charge in [0, 0.05) is 14.9 Å².